The third-order valence-corrected chi connectivity index (χ3v) is 2.64. The molecule has 0 aromatic heterocycles. The van der Waals surface area contributed by atoms with Gasteiger partial charge in [-0.05, 0) is 31.2 Å². The molecule has 2 N–H and O–H groups in total. The number of hydrogen-bond acceptors (Lipinski definition) is 2. The maximum absolute atomic E-state index is 11.7. The van der Waals surface area contributed by atoms with Crippen LogP contribution < -0.4 is 10.6 Å². The minimum atomic E-state index is 0.0716. The number of halogens is 1. The summed E-state index contributed by atoms with van der Waals surface area (Å²) in [5.41, 5.74) is 6.29. The summed E-state index contributed by atoms with van der Waals surface area (Å²) in [6.07, 6.45) is 0.393. The van der Waals surface area contributed by atoms with Crippen LogP contribution in [0.5, 0.6) is 0 Å². The molecule has 1 aromatic rings. The number of anilines is 1. The molecule has 1 rings (SSSR count). The molecule has 3 nitrogen and oxygen atoms in total. The quantitative estimate of drug-likeness (QED) is 0.912. The van der Waals surface area contributed by atoms with Crippen LogP contribution in [-0.4, -0.2) is 19.0 Å². The highest BCUT2D eigenvalue weighted by Gasteiger charge is 2.12. The first-order valence-electron chi connectivity index (χ1n) is 4.95. The van der Waals surface area contributed by atoms with Gasteiger partial charge in [-0.15, -0.1) is 0 Å². The summed E-state index contributed by atoms with van der Waals surface area (Å²) in [6, 6.07) is 7.69. The van der Waals surface area contributed by atoms with Crippen molar-refractivity contribution in [2.45, 2.75) is 13.3 Å². The normalized spacial score (nSPS) is 10.1. The number of amides is 1. The van der Waals surface area contributed by atoms with Crippen molar-refractivity contribution in [1.82, 2.24) is 0 Å². The lowest BCUT2D eigenvalue weighted by Crippen LogP contribution is -2.31. The van der Waals surface area contributed by atoms with E-state index in [1.165, 1.54) is 0 Å². The van der Waals surface area contributed by atoms with Gasteiger partial charge < -0.3 is 10.6 Å². The molecule has 0 aliphatic carbocycles. The van der Waals surface area contributed by atoms with Crippen LogP contribution in [0.15, 0.2) is 28.7 Å². The average molecular weight is 271 g/mol. The Hall–Kier alpha value is -0.870. The second-order valence-electron chi connectivity index (χ2n) is 3.15. The van der Waals surface area contributed by atoms with Gasteiger partial charge in [-0.25, -0.2) is 0 Å². The smallest absolute Gasteiger partial charge is 0.228 e. The van der Waals surface area contributed by atoms with Crippen LogP contribution >= 0.6 is 15.9 Å². The van der Waals surface area contributed by atoms with E-state index in [0.717, 1.165) is 10.2 Å². The zero-order valence-electron chi connectivity index (χ0n) is 8.74. The van der Waals surface area contributed by atoms with E-state index in [9.17, 15) is 4.79 Å². The van der Waals surface area contributed by atoms with Crippen molar-refractivity contribution in [1.29, 1.82) is 0 Å². The van der Waals surface area contributed by atoms with Crippen molar-refractivity contribution in [2.75, 3.05) is 18.0 Å². The van der Waals surface area contributed by atoms with Crippen molar-refractivity contribution < 1.29 is 4.79 Å². The van der Waals surface area contributed by atoms with Gasteiger partial charge >= 0.3 is 0 Å². The van der Waals surface area contributed by atoms with E-state index in [4.69, 9.17) is 5.73 Å². The molecule has 0 aliphatic heterocycles. The summed E-state index contributed by atoms with van der Waals surface area (Å²) in [4.78, 5) is 13.4. The van der Waals surface area contributed by atoms with Crippen LogP contribution in [0, 0.1) is 0 Å². The molecule has 1 aromatic carbocycles. The van der Waals surface area contributed by atoms with Gasteiger partial charge in [0.25, 0.3) is 0 Å². The molecule has 0 saturated heterocycles. The van der Waals surface area contributed by atoms with Crippen LogP contribution in [-0.2, 0) is 4.79 Å². The Balaban J connectivity index is 2.82. The Labute approximate surface area is 98.4 Å². The molecule has 15 heavy (non-hydrogen) atoms. The summed E-state index contributed by atoms with van der Waals surface area (Å²) >= 11 is 3.36. The van der Waals surface area contributed by atoms with Crippen molar-refractivity contribution in [3.8, 4) is 0 Å². The van der Waals surface area contributed by atoms with Gasteiger partial charge in [0.2, 0.25) is 5.91 Å². The highest BCUT2D eigenvalue weighted by molar-refractivity contribution is 9.10. The summed E-state index contributed by atoms with van der Waals surface area (Å²) in [5, 5.41) is 0. The van der Waals surface area contributed by atoms with E-state index in [1.54, 1.807) is 4.90 Å². The second-order valence-corrected chi connectivity index (χ2v) is 4.07. The Morgan fingerprint density at radius 2 is 2.00 bits per heavy atom. The van der Waals surface area contributed by atoms with Gasteiger partial charge in [-0.2, -0.15) is 0 Å². The fraction of sp³-hybridized carbons (Fsp3) is 0.364. The first-order chi connectivity index (χ1) is 7.19. The van der Waals surface area contributed by atoms with Gasteiger partial charge in [0, 0.05) is 29.7 Å². The van der Waals surface area contributed by atoms with E-state index in [-0.39, 0.29) is 5.91 Å². The monoisotopic (exact) mass is 270 g/mol. The fourth-order valence-corrected chi connectivity index (χ4v) is 1.65. The number of rotatable bonds is 4. The summed E-state index contributed by atoms with van der Waals surface area (Å²) in [7, 11) is 0. The van der Waals surface area contributed by atoms with Gasteiger partial charge in [0.1, 0.15) is 0 Å². The van der Waals surface area contributed by atoms with Crippen molar-refractivity contribution in [2.24, 2.45) is 5.73 Å². The van der Waals surface area contributed by atoms with E-state index in [1.807, 2.05) is 31.2 Å². The highest BCUT2D eigenvalue weighted by atomic mass is 79.9. The Kier molecular flexibility index (Phi) is 4.78. The zero-order valence-corrected chi connectivity index (χ0v) is 10.3. The molecule has 0 radical (unpaired) electrons. The van der Waals surface area contributed by atoms with E-state index < -0.39 is 0 Å². The molecule has 4 heteroatoms. The third-order valence-electron chi connectivity index (χ3n) is 2.11. The molecular weight excluding hydrogens is 256 g/mol. The number of carbonyl (C=O) groups is 1. The molecule has 0 unspecified atom stereocenters. The maximum atomic E-state index is 11.7. The molecule has 0 spiro atoms. The highest BCUT2D eigenvalue weighted by Crippen LogP contribution is 2.18. The van der Waals surface area contributed by atoms with E-state index >= 15 is 0 Å². The Morgan fingerprint density at radius 3 is 2.47 bits per heavy atom. The first kappa shape index (κ1) is 12.2. The molecule has 0 atom stereocenters. The summed E-state index contributed by atoms with van der Waals surface area (Å²) in [6.45, 7) is 3.02. The van der Waals surface area contributed by atoms with Gasteiger partial charge in [-0.1, -0.05) is 15.9 Å². The predicted octanol–water partition coefficient (Wildman–Crippen LogP) is 2.15. The standard InChI is InChI=1S/C11H15BrN2O/c1-2-14(11(15)7-8-13)10-5-3-9(12)4-6-10/h3-6H,2,7-8,13H2,1H3. The number of hydrogen-bond donors (Lipinski definition) is 1. The summed E-state index contributed by atoms with van der Waals surface area (Å²) < 4.78 is 1.01. The van der Waals surface area contributed by atoms with Crippen molar-refractivity contribution >= 4 is 27.5 Å². The van der Waals surface area contributed by atoms with Crippen LogP contribution in [0.3, 0.4) is 0 Å². The lowest BCUT2D eigenvalue weighted by Gasteiger charge is -2.20. The Morgan fingerprint density at radius 1 is 1.40 bits per heavy atom. The predicted molar refractivity (Wildman–Crippen MR) is 65.8 cm³/mol. The van der Waals surface area contributed by atoms with Gasteiger partial charge in [0.05, 0.1) is 0 Å². The van der Waals surface area contributed by atoms with E-state index in [2.05, 4.69) is 15.9 Å². The minimum Gasteiger partial charge on any atom is -0.330 e. The maximum Gasteiger partial charge on any atom is 0.228 e. The van der Waals surface area contributed by atoms with E-state index in [0.29, 0.717) is 19.5 Å². The third kappa shape index (κ3) is 3.32. The second kappa shape index (κ2) is 5.88. The van der Waals surface area contributed by atoms with Crippen LogP contribution in [0.4, 0.5) is 5.69 Å². The number of nitrogens with zero attached hydrogens (tertiary/aromatic N) is 1. The van der Waals surface area contributed by atoms with Crippen LogP contribution in [0.1, 0.15) is 13.3 Å². The average Bonchev–Trinajstić information content (AvgIpc) is 2.22. The van der Waals surface area contributed by atoms with Crippen LogP contribution in [0.25, 0.3) is 0 Å². The fourth-order valence-electron chi connectivity index (χ4n) is 1.38. The lowest BCUT2D eigenvalue weighted by molar-refractivity contribution is -0.118. The minimum absolute atomic E-state index is 0.0716. The number of nitrogens with two attached hydrogens (primary N) is 1. The topological polar surface area (TPSA) is 46.3 Å². The number of benzene rings is 1. The van der Waals surface area contributed by atoms with Gasteiger partial charge in [-0.3, -0.25) is 4.79 Å². The molecule has 0 aliphatic rings. The zero-order chi connectivity index (χ0) is 11.3. The molecule has 82 valence electrons. The Bertz CT molecular complexity index is 324. The van der Waals surface area contributed by atoms with Gasteiger partial charge in [0.15, 0.2) is 0 Å². The molecule has 0 heterocycles. The molecule has 0 fully saturated rings. The lowest BCUT2D eigenvalue weighted by atomic mass is 10.2. The molecular formula is C11H15BrN2O. The molecule has 1 amide bonds. The molecule has 0 bridgehead atoms. The van der Waals surface area contributed by atoms with Crippen molar-refractivity contribution in [3.05, 3.63) is 28.7 Å². The van der Waals surface area contributed by atoms with Crippen LogP contribution in [0.2, 0.25) is 0 Å². The summed E-state index contributed by atoms with van der Waals surface area (Å²) in [5.74, 6) is 0.0716. The van der Waals surface area contributed by atoms with Crippen molar-refractivity contribution in [3.63, 3.8) is 0 Å². The first-order valence-corrected chi connectivity index (χ1v) is 5.74. The number of carbonyl (C=O) groups excluding carboxylic acids is 1. The SMILES string of the molecule is CCN(C(=O)CCN)c1ccc(Br)cc1. The molecule has 0 saturated carbocycles. The largest absolute Gasteiger partial charge is 0.330 e.